The Morgan fingerprint density at radius 3 is 1.87 bits per heavy atom. The van der Waals surface area contributed by atoms with E-state index in [4.69, 9.17) is 0 Å². The van der Waals surface area contributed by atoms with Gasteiger partial charge in [-0.05, 0) is 99.2 Å². The molecule has 2 aliphatic carbocycles. The summed E-state index contributed by atoms with van der Waals surface area (Å²) in [6.07, 6.45) is 11.9. The Morgan fingerprint density at radius 2 is 1.39 bits per heavy atom. The van der Waals surface area contributed by atoms with Crippen LogP contribution in [0, 0.1) is 29.4 Å². The maximum Gasteiger partial charge on any atom is 0.573 e. The maximum atomic E-state index is 14.0. The number of rotatable bonds is 7. The molecular formula is C25H33F5O. The molecule has 1 aromatic rings. The van der Waals surface area contributed by atoms with Crippen LogP contribution in [0.5, 0.6) is 5.75 Å². The highest BCUT2D eigenvalue weighted by Gasteiger charge is 2.34. The summed E-state index contributed by atoms with van der Waals surface area (Å²) in [5, 5.41) is 0. The molecule has 0 aliphatic heterocycles. The monoisotopic (exact) mass is 444 g/mol. The summed E-state index contributed by atoms with van der Waals surface area (Å²) in [5.41, 5.74) is 0.432. The van der Waals surface area contributed by atoms with E-state index >= 15 is 0 Å². The smallest absolute Gasteiger partial charge is 0.399 e. The molecule has 174 valence electrons. The van der Waals surface area contributed by atoms with Crippen molar-refractivity contribution in [2.24, 2.45) is 17.8 Å². The molecule has 0 unspecified atom stereocenters. The molecule has 0 N–H and O–H groups in total. The molecule has 0 amide bonds. The van der Waals surface area contributed by atoms with Crippen LogP contribution in [0.25, 0.3) is 0 Å². The van der Waals surface area contributed by atoms with Gasteiger partial charge in [0, 0.05) is 0 Å². The van der Waals surface area contributed by atoms with Crippen molar-refractivity contribution in [3.63, 3.8) is 0 Å². The van der Waals surface area contributed by atoms with Crippen LogP contribution >= 0.6 is 0 Å². The van der Waals surface area contributed by atoms with Crippen molar-refractivity contribution in [3.05, 3.63) is 41.5 Å². The summed E-state index contributed by atoms with van der Waals surface area (Å²) in [6, 6.07) is 2.00. The molecule has 1 nitrogen and oxygen atoms in total. The van der Waals surface area contributed by atoms with Gasteiger partial charge < -0.3 is 4.74 Å². The number of allylic oxidation sites excluding steroid dienone is 2. The quantitative estimate of drug-likeness (QED) is 0.302. The maximum absolute atomic E-state index is 14.0. The largest absolute Gasteiger partial charge is 0.573 e. The molecule has 2 saturated carbocycles. The Kier molecular flexibility index (Phi) is 8.40. The SMILES string of the molecule is CC/C=C/[C@H]1CC[C@H](CC[C@H]2CC[C@H](c3cc(F)c(OC(F)(F)F)c(F)c3)CC2)CC1. The van der Waals surface area contributed by atoms with E-state index in [1.54, 1.807) is 0 Å². The van der Waals surface area contributed by atoms with Crippen LogP contribution in [0.1, 0.15) is 89.0 Å². The van der Waals surface area contributed by atoms with E-state index in [9.17, 15) is 22.0 Å². The molecule has 2 fully saturated rings. The molecule has 2 aliphatic rings. The van der Waals surface area contributed by atoms with Gasteiger partial charge in [-0.1, -0.05) is 31.9 Å². The zero-order valence-electron chi connectivity index (χ0n) is 18.2. The van der Waals surface area contributed by atoms with Crippen LogP contribution in [0.4, 0.5) is 22.0 Å². The first-order valence-electron chi connectivity index (χ1n) is 11.7. The van der Waals surface area contributed by atoms with Gasteiger partial charge in [-0.15, -0.1) is 13.2 Å². The minimum atomic E-state index is -5.12. The fourth-order valence-electron chi connectivity index (χ4n) is 5.28. The molecule has 0 heterocycles. The van der Waals surface area contributed by atoms with Gasteiger partial charge in [-0.25, -0.2) is 8.78 Å². The molecule has 6 heteroatoms. The average molecular weight is 445 g/mol. The predicted molar refractivity (Wildman–Crippen MR) is 112 cm³/mol. The van der Waals surface area contributed by atoms with E-state index in [-0.39, 0.29) is 5.92 Å². The fourth-order valence-corrected chi connectivity index (χ4v) is 5.28. The zero-order chi connectivity index (χ0) is 22.4. The van der Waals surface area contributed by atoms with E-state index in [1.165, 1.54) is 38.5 Å². The normalized spacial score (nSPS) is 27.5. The Hall–Kier alpha value is -1.59. The second-order valence-electron chi connectivity index (χ2n) is 9.27. The first-order chi connectivity index (χ1) is 14.7. The fraction of sp³-hybridized carbons (Fsp3) is 0.680. The third kappa shape index (κ3) is 7.21. The van der Waals surface area contributed by atoms with Crippen molar-refractivity contribution in [1.29, 1.82) is 0 Å². The lowest BCUT2D eigenvalue weighted by Gasteiger charge is -2.31. The summed E-state index contributed by atoms with van der Waals surface area (Å²) in [4.78, 5) is 0. The van der Waals surface area contributed by atoms with Crippen LogP contribution in [-0.2, 0) is 0 Å². The van der Waals surface area contributed by atoms with Gasteiger partial charge in [0.1, 0.15) is 0 Å². The highest BCUT2D eigenvalue weighted by molar-refractivity contribution is 5.33. The second-order valence-corrected chi connectivity index (χ2v) is 9.27. The average Bonchev–Trinajstić information content (AvgIpc) is 2.73. The Morgan fingerprint density at radius 1 is 0.871 bits per heavy atom. The third-order valence-corrected chi connectivity index (χ3v) is 7.08. The van der Waals surface area contributed by atoms with Gasteiger partial charge >= 0.3 is 6.36 Å². The van der Waals surface area contributed by atoms with Crippen molar-refractivity contribution >= 4 is 0 Å². The molecule has 1 aromatic carbocycles. The molecule has 31 heavy (non-hydrogen) atoms. The van der Waals surface area contributed by atoms with Gasteiger partial charge in [0.05, 0.1) is 0 Å². The van der Waals surface area contributed by atoms with Crippen LogP contribution in [-0.4, -0.2) is 6.36 Å². The Bertz CT molecular complexity index is 703. The highest BCUT2D eigenvalue weighted by Crippen LogP contribution is 2.41. The van der Waals surface area contributed by atoms with Crippen molar-refractivity contribution in [2.45, 2.75) is 89.8 Å². The van der Waals surface area contributed by atoms with Gasteiger partial charge in [0.15, 0.2) is 11.6 Å². The van der Waals surface area contributed by atoms with Gasteiger partial charge in [0.2, 0.25) is 5.75 Å². The Labute approximate surface area is 182 Å². The predicted octanol–water partition coefficient (Wildman–Crippen LogP) is 8.69. The summed E-state index contributed by atoms with van der Waals surface area (Å²) < 4.78 is 68.5. The standard InChI is InChI=1S/C25H33F5O/c1-2-3-4-17-5-7-18(8-6-17)9-10-19-11-13-20(14-12-19)21-15-22(26)24(23(27)16-21)31-25(28,29)30/h3-4,15-20H,2,5-14H2,1H3/b4-3+/t17-,18-,19-,20-. The lowest BCUT2D eigenvalue weighted by molar-refractivity contribution is -0.276. The van der Waals surface area contributed by atoms with Crippen molar-refractivity contribution in [1.82, 2.24) is 0 Å². The molecule has 0 bridgehead atoms. The highest BCUT2D eigenvalue weighted by atomic mass is 19.4. The van der Waals surface area contributed by atoms with E-state index in [2.05, 4.69) is 23.8 Å². The van der Waals surface area contributed by atoms with Crippen LogP contribution in [0.15, 0.2) is 24.3 Å². The summed E-state index contributed by atoms with van der Waals surface area (Å²) >= 11 is 0. The number of hydrogen-bond acceptors (Lipinski definition) is 1. The third-order valence-electron chi connectivity index (χ3n) is 7.08. The van der Waals surface area contributed by atoms with Gasteiger partial charge in [-0.3, -0.25) is 0 Å². The molecule has 0 saturated heterocycles. The van der Waals surface area contributed by atoms with Crippen LogP contribution < -0.4 is 4.74 Å². The number of halogens is 5. The second kappa shape index (κ2) is 10.8. The topological polar surface area (TPSA) is 9.23 Å². The zero-order valence-corrected chi connectivity index (χ0v) is 18.2. The van der Waals surface area contributed by atoms with Crippen LogP contribution in [0.2, 0.25) is 0 Å². The Balaban J connectivity index is 1.44. The van der Waals surface area contributed by atoms with E-state index in [0.717, 1.165) is 56.1 Å². The minimum Gasteiger partial charge on any atom is -0.399 e. The molecule has 0 aromatic heterocycles. The summed E-state index contributed by atoms with van der Waals surface area (Å²) in [5.74, 6) is -1.77. The van der Waals surface area contributed by atoms with Gasteiger partial charge in [0.25, 0.3) is 0 Å². The van der Waals surface area contributed by atoms with Gasteiger partial charge in [-0.2, -0.15) is 0 Å². The molecule has 0 spiro atoms. The number of benzene rings is 1. The minimum absolute atomic E-state index is 0.0130. The first kappa shape index (κ1) is 24.1. The lowest BCUT2D eigenvalue weighted by atomic mass is 9.74. The van der Waals surface area contributed by atoms with Crippen molar-refractivity contribution in [3.8, 4) is 5.75 Å². The van der Waals surface area contributed by atoms with E-state index in [0.29, 0.717) is 11.5 Å². The van der Waals surface area contributed by atoms with E-state index in [1.807, 2.05) is 0 Å². The van der Waals surface area contributed by atoms with E-state index < -0.39 is 23.7 Å². The number of ether oxygens (including phenoxy) is 1. The summed E-state index contributed by atoms with van der Waals surface area (Å²) in [6.45, 7) is 2.17. The molecule has 3 rings (SSSR count). The van der Waals surface area contributed by atoms with Crippen molar-refractivity contribution in [2.75, 3.05) is 0 Å². The molecule has 0 radical (unpaired) electrons. The van der Waals surface area contributed by atoms with Crippen molar-refractivity contribution < 1.29 is 26.7 Å². The molecule has 0 atom stereocenters. The number of alkyl halides is 3. The lowest BCUT2D eigenvalue weighted by Crippen LogP contribution is -2.20. The van der Waals surface area contributed by atoms with Crippen LogP contribution in [0.3, 0.4) is 0 Å². The molecular weight excluding hydrogens is 411 g/mol. The number of hydrogen-bond donors (Lipinski definition) is 0. The summed E-state index contributed by atoms with van der Waals surface area (Å²) in [7, 11) is 0. The first-order valence-corrected chi connectivity index (χ1v) is 11.7.